The van der Waals surface area contributed by atoms with Gasteiger partial charge in [0.25, 0.3) is 0 Å². The van der Waals surface area contributed by atoms with E-state index in [1.54, 1.807) is 0 Å². The molecule has 0 bridgehead atoms. The summed E-state index contributed by atoms with van der Waals surface area (Å²) in [7, 11) is 0. The summed E-state index contributed by atoms with van der Waals surface area (Å²) in [5.41, 5.74) is 9.90. The van der Waals surface area contributed by atoms with Crippen LogP contribution in [0.4, 0.5) is 0 Å². The molecule has 0 aliphatic rings. The third kappa shape index (κ3) is 2.99. The molecule has 0 aliphatic carbocycles. The maximum Gasteiger partial charge on any atom is 0.00748 e. The van der Waals surface area contributed by atoms with Crippen molar-refractivity contribution in [2.24, 2.45) is 5.73 Å². The molecule has 0 radical (unpaired) electrons. The zero-order chi connectivity index (χ0) is 11.4. The van der Waals surface area contributed by atoms with Crippen molar-refractivity contribution in [3.63, 3.8) is 0 Å². The summed E-state index contributed by atoms with van der Waals surface area (Å²) < 4.78 is 0. The van der Waals surface area contributed by atoms with E-state index in [2.05, 4.69) is 39.2 Å². The van der Waals surface area contributed by atoms with Crippen LogP contribution in [0.15, 0.2) is 17.0 Å². The predicted molar refractivity (Wildman–Crippen MR) is 69.8 cm³/mol. The zero-order valence-corrected chi connectivity index (χ0v) is 10.9. The van der Waals surface area contributed by atoms with Gasteiger partial charge < -0.3 is 5.73 Å². The van der Waals surface area contributed by atoms with Crippen molar-refractivity contribution >= 4 is 11.8 Å². The van der Waals surface area contributed by atoms with Crippen LogP contribution in [0.3, 0.4) is 0 Å². The Morgan fingerprint density at radius 2 is 2.00 bits per heavy atom. The first-order chi connectivity index (χ1) is 7.10. The fourth-order valence-corrected chi connectivity index (χ4v) is 2.43. The van der Waals surface area contributed by atoms with E-state index in [1.165, 1.54) is 21.6 Å². The summed E-state index contributed by atoms with van der Waals surface area (Å²) in [5, 5.41) is 0. The summed E-state index contributed by atoms with van der Waals surface area (Å²) >= 11 is 1.81. The SMILES string of the molecule is CSc1cc(C)c(C)c(C(C)CCN)c1. The molecule has 0 saturated heterocycles. The highest BCUT2D eigenvalue weighted by Gasteiger charge is 2.10. The zero-order valence-electron chi connectivity index (χ0n) is 10.1. The van der Waals surface area contributed by atoms with Gasteiger partial charge in [-0.2, -0.15) is 0 Å². The van der Waals surface area contributed by atoms with Crippen LogP contribution in [0.5, 0.6) is 0 Å². The van der Waals surface area contributed by atoms with E-state index in [-0.39, 0.29) is 0 Å². The largest absolute Gasteiger partial charge is 0.330 e. The molecule has 15 heavy (non-hydrogen) atoms. The Morgan fingerprint density at radius 3 is 2.53 bits per heavy atom. The number of hydrogen-bond donors (Lipinski definition) is 1. The third-order valence-corrected chi connectivity index (χ3v) is 3.75. The lowest BCUT2D eigenvalue weighted by atomic mass is 9.91. The molecule has 1 atom stereocenters. The molecule has 0 heterocycles. The van der Waals surface area contributed by atoms with E-state index in [9.17, 15) is 0 Å². The first kappa shape index (κ1) is 12.6. The lowest BCUT2D eigenvalue weighted by molar-refractivity contribution is 0.683. The van der Waals surface area contributed by atoms with Gasteiger partial charge in [0.2, 0.25) is 0 Å². The van der Waals surface area contributed by atoms with E-state index < -0.39 is 0 Å². The van der Waals surface area contributed by atoms with Crippen LogP contribution in [0.25, 0.3) is 0 Å². The highest BCUT2D eigenvalue weighted by molar-refractivity contribution is 7.98. The topological polar surface area (TPSA) is 26.0 Å². The number of rotatable bonds is 4. The highest BCUT2D eigenvalue weighted by atomic mass is 32.2. The minimum atomic E-state index is 0.570. The van der Waals surface area contributed by atoms with Crippen molar-refractivity contribution in [1.82, 2.24) is 0 Å². The number of thioether (sulfide) groups is 1. The second kappa shape index (κ2) is 5.57. The fourth-order valence-electron chi connectivity index (χ4n) is 1.89. The van der Waals surface area contributed by atoms with Crippen LogP contribution >= 0.6 is 11.8 Å². The van der Waals surface area contributed by atoms with Crippen molar-refractivity contribution in [3.8, 4) is 0 Å². The maximum atomic E-state index is 5.62. The standard InChI is InChI=1S/C13H21NS/c1-9(5-6-14)13-8-12(15-4)7-10(2)11(13)3/h7-9H,5-6,14H2,1-4H3. The summed E-state index contributed by atoms with van der Waals surface area (Å²) in [6, 6.07) is 4.58. The summed E-state index contributed by atoms with van der Waals surface area (Å²) in [6.45, 7) is 7.43. The smallest absolute Gasteiger partial charge is 0.00748 e. The van der Waals surface area contributed by atoms with E-state index in [4.69, 9.17) is 5.73 Å². The second-order valence-corrected chi connectivity index (χ2v) is 5.02. The Balaban J connectivity index is 3.09. The van der Waals surface area contributed by atoms with Crippen molar-refractivity contribution < 1.29 is 0 Å². The number of aryl methyl sites for hydroxylation is 1. The number of nitrogens with two attached hydrogens (primary N) is 1. The Hall–Kier alpha value is -0.470. The third-order valence-electron chi connectivity index (χ3n) is 3.05. The average molecular weight is 223 g/mol. The van der Waals surface area contributed by atoms with Crippen LogP contribution in [0.2, 0.25) is 0 Å². The average Bonchev–Trinajstić information content (AvgIpc) is 2.22. The molecular weight excluding hydrogens is 202 g/mol. The Kier molecular flexibility index (Phi) is 4.68. The van der Waals surface area contributed by atoms with Crippen LogP contribution < -0.4 is 5.73 Å². The molecule has 1 rings (SSSR count). The van der Waals surface area contributed by atoms with E-state index in [1.807, 2.05) is 11.8 Å². The number of benzene rings is 1. The Morgan fingerprint density at radius 1 is 1.33 bits per heavy atom. The molecule has 0 amide bonds. The monoisotopic (exact) mass is 223 g/mol. The predicted octanol–water partition coefficient (Wildman–Crippen LogP) is 3.48. The first-order valence-electron chi connectivity index (χ1n) is 5.45. The van der Waals surface area contributed by atoms with Gasteiger partial charge >= 0.3 is 0 Å². The quantitative estimate of drug-likeness (QED) is 0.791. The van der Waals surface area contributed by atoms with E-state index in [0.29, 0.717) is 5.92 Å². The molecule has 0 saturated carbocycles. The molecule has 2 N–H and O–H groups in total. The summed E-state index contributed by atoms with van der Waals surface area (Å²) in [4.78, 5) is 1.36. The molecule has 1 unspecified atom stereocenters. The summed E-state index contributed by atoms with van der Waals surface area (Å²) in [6.07, 6.45) is 3.19. The van der Waals surface area contributed by atoms with Crippen molar-refractivity contribution in [2.45, 2.75) is 38.0 Å². The van der Waals surface area contributed by atoms with Gasteiger partial charge in [0, 0.05) is 4.90 Å². The van der Waals surface area contributed by atoms with Gasteiger partial charge in [0.05, 0.1) is 0 Å². The molecule has 0 spiro atoms. The number of hydrogen-bond acceptors (Lipinski definition) is 2. The van der Waals surface area contributed by atoms with Gasteiger partial charge in [-0.15, -0.1) is 11.8 Å². The van der Waals surface area contributed by atoms with Crippen LogP contribution in [-0.2, 0) is 0 Å². The first-order valence-corrected chi connectivity index (χ1v) is 6.67. The van der Waals surface area contributed by atoms with Gasteiger partial charge in [-0.25, -0.2) is 0 Å². The van der Waals surface area contributed by atoms with Crippen LogP contribution in [0.1, 0.15) is 36.0 Å². The normalized spacial score (nSPS) is 12.9. The molecular formula is C13H21NS. The maximum absolute atomic E-state index is 5.62. The lowest BCUT2D eigenvalue weighted by Gasteiger charge is -2.17. The molecule has 2 heteroatoms. The molecule has 1 aromatic rings. The Labute approximate surface area is 97.4 Å². The van der Waals surface area contributed by atoms with Crippen LogP contribution in [0, 0.1) is 13.8 Å². The van der Waals surface area contributed by atoms with Crippen molar-refractivity contribution in [3.05, 3.63) is 28.8 Å². The molecule has 0 aromatic heterocycles. The molecule has 1 aromatic carbocycles. The molecule has 84 valence electrons. The van der Waals surface area contributed by atoms with E-state index >= 15 is 0 Å². The Bertz CT molecular complexity index is 334. The van der Waals surface area contributed by atoms with E-state index in [0.717, 1.165) is 13.0 Å². The van der Waals surface area contributed by atoms with Crippen molar-refractivity contribution in [2.75, 3.05) is 12.8 Å². The van der Waals surface area contributed by atoms with Gasteiger partial charge in [-0.1, -0.05) is 6.92 Å². The highest BCUT2D eigenvalue weighted by Crippen LogP contribution is 2.29. The van der Waals surface area contributed by atoms with Gasteiger partial charge in [0.1, 0.15) is 0 Å². The molecule has 1 nitrogen and oxygen atoms in total. The minimum Gasteiger partial charge on any atom is -0.330 e. The fraction of sp³-hybridized carbons (Fsp3) is 0.538. The molecule has 0 aliphatic heterocycles. The van der Waals surface area contributed by atoms with Gasteiger partial charge in [0.15, 0.2) is 0 Å². The lowest BCUT2D eigenvalue weighted by Crippen LogP contribution is -2.06. The summed E-state index contributed by atoms with van der Waals surface area (Å²) in [5.74, 6) is 0.570. The van der Waals surface area contributed by atoms with Gasteiger partial charge in [-0.3, -0.25) is 0 Å². The molecule has 0 fully saturated rings. The second-order valence-electron chi connectivity index (χ2n) is 4.14. The minimum absolute atomic E-state index is 0.570. The van der Waals surface area contributed by atoms with Gasteiger partial charge in [-0.05, 0) is 67.8 Å². The van der Waals surface area contributed by atoms with Crippen LogP contribution in [-0.4, -0.2) is 12.8 Å². The van der Waals surface area contributed by atoms with Crippen molar-refractivity contribution in [1.29, 1.82) is 0 Å².